The van der Waals surface area contributed by atoms with E-state index in [4.69, 9.17) is 11.6 Å². The Morgan fingerprint density at radius 3 is 2.53 bits per heavy atom. The highest BCUT2D eigenvalue weighted by Crippen LogP contribution is 2.14. The average molecular weight is 255 g/mol. The normalized spacial score (nSPS) is 17.8. The number of nitrogens with zero attached hydrogens (tertiary/aromatic N) is 4. The third-order valence-corrected chi connectivity index (χ3v) is 3.45. The van der Waals surface area contributed by atoms with Gasteiger partial charge in [0.2, 0.25) is 0 Å². The molecule has 0 aliphatic carbocycles. The third kappa shape index (κ3) is 3.07. The van der Waals surface area contributed by atoms with Crippen LogP contribution in [0.2, 0.25) is 0 Å². The molecule has 1 aliphatic heterocycles. The molecule has 0 bridgehead atoms. The van der Waals surface area contributed by atoms with Crippen LogP contribution in [0.25, 0.3) is 0 Å². The molecule has 2 heterocycles. The van der Waals surface area contributed by atoms with E-state index in [0.717, 1.165) is 37.7 Å². The number of rotatable bonds is 3. The summed E-state index contributed by atoms with van der Waals surface area (Å²) in [6.07, 6.45) is 3.54. The fraction of sp³-hybridized carbons (Fsp3) is 0.667. The van der Waals surface area contributed by atoms with E-state index in [1.165, 1.54) is 0 Å². The van der Waals surface area contributed by atoms with Crippen molar-refractivity contribution in [2.45, 2.75) is 25.8 Å². The van der Waals surface area contributed by atoms with Gasteiger partial charge in [0.1, 0.15) is 5.82 Å². The monoisotopic (exact) mass is 254 g/mol. The van der Waals surface area contributed by atoms with Crippen LogP contribution in [0.5, 0.6) is 0 Å². The summed E-state index contributed by atoms with van der Waals surface area (Å²) in [5, 5.41) is 0. The molecule has 1 saturated heterocycles. The SMILES string of the molecule is CC(C)N1CCN(c2cncc(CCl)n2)CC1. The number of alkyl halides is 1. The summed E-state index contributed by atoms with van der Waals surface area (Å²) in [5.41, 5.74) is 0.843. The van der Waals surface area contributed by atoms with Crippen LogP contribution in [0.4, 0.5) is 5.82 Å². The molecule has 5 heteroatoms. The lowest BCUT2D eigenvalue weighted by Gasteiger charge is -2.37. The van der Waals surface area contributed by atoms with Crippen molar-refractivity contribution in [3.8, 4) is 0 Å². The molecule has 0 spiro atoms. The quantitative estimate of drug-likeness (QED) is 0.770. The van der Waals surface area contributed by atoms with Crippen LogP contribution in [0, 0.1) is 0 Å². The van der Waals surface area contributed by atoms with Gasteiger partial charge in [-0.25, -0.2) is 4.98 Å². The van der Waals surface area contributed by atoms with E-state index in [1.807, 2.05) is 6.20 Å². The first-order valence-electron chi connectivity index (χ1n) is 6.06. The Balaban J connectivity index is 2.00. The van der Waals surface area contributed by atoms with Crippen LogP contribution >= 0.6 is 11.6 Å². The van der Waals surface area contributed by atoms with E-state index >= 15 is 0 Å². The maximum Gasteiger partial charge on any atom is 0.147 e. The van der Waals surface area contributed by atoms with Gasteiger partial charge in [0.15, 0.2) is 0 Å². The number of hydrogen-bond donors (Lipinski definition) is 0. The fourth-order valence-electron chi connectivity index (χ4n) is 2.08. The average Bonchev–Trinajstić information content (AvgIpc) is 2.39. The minimum absolute atomic E-state index is 0.423. The number of hydrogen-bond acceptors (Lipinski definition) is 4. The maximum atomic E-state index is 5.77. The summed E-state index contributed by atoms with van der Waals surface area (Å²) in [6, 6.07) is 0.623. The van der Waals surface area contributed by atoms with Crippen LogP contribution in [-0.4, -0.2) is 47.1 Å². The van der Waals surface area contributed by atoms with Gasteiger partial charge < -0.3 is 4.90 Å². The molecule has 4 nitrogen and oxygen atoms in total. The molecule has 1 aromatic rings. The van der Waals surface area contributed by atoms with Gasteiger partial charge in [0.25, 0.3) is 0 Å². The lowest BCUT2D eigenvalue weighted by molar-refractivity contribution is 0.209. The molecule has 0 aromatic carbocycles. The molecule has 1 aromatic heterocycles. The lowest BCUT2D eigenvalue weighted by atomic mass is 10.2. The second-order valence-corrected chi connectivity index (χ2v) is 4.89. The minimum Gasteiger partial charge on any atom is -0.353 e. The van der Waals surface area contributed by atoms with Crippen LogP contribution in [0.1, 0.15) is 19.5 Å². The zero-order chi connectivity index (χ0) is 12.3. The molecule has 2 rings (SSSR count). The summed E-state index contributed by atoms with van der Waals surface area (Å²) >= 11 is 5.77. The zero-order valence-electron chi connectivity index (χ0n) is 10.4. The highest BCUT2D eigenvalue weighted by Gasteiger charge is 2.19. The Hall–Kier alpha value is -0.870. The van der Waals surface area contributed by atoms with E-state index in [-0.39, 0.29) is 0 Å². The molecule has 17 heavy (non-hydrogen) atoms. The van der Waals surface area contributed by atoms with Crippen LogP contribution in [0.15, 0.2) is 12.4 Å². The summed E-state index contributed by atoms with van der Waals surface area (Å²) in [4.78, 5) is 13.4. The molecule has 0 radical (unpaired) electrons. The van der Waals surface area contributed by atoms with E-state index in [1.54, 1.807) is 6.20 Å². The van der Waals surface area contributed by atoms with Crippen molar-refractivity contribution < 1.29 is 0 Å². The molecular formula is C12H19ClN4. The second kappa shape index (κ2) is 5.65. The van der Waals surface area contributed by atoms with Crippen LogP contribution in [-0.2, 0) is 5.88 Å². The highest BCUT2D eigenvalue weighted by atomic mass is 35.5. The molecule has 94 valence electrons. The molecular weight excluding hydrogens is 236 g/mol. The summed E-state index contributed by atoms with van der Waals surface area (Å²) in [7, 11) is 0. The van der Waals surface area contributed by atoms with Crippen molar-refractivity contribution in [2.75, 3.05) is 31.1 Å². The number of aromatic nitrogens is 2. The summed E-state index contributed by atoms with van der Waals surface area (Å²) in [6.45, 7) is 8.68. The van der Waals surface area contributed by atoms with Crippen LogP contribution < -0.4 is 4.90 Å². The van der Waals surface area contributed by atoms with Crippen molar-refractivity contribution in [1.82, 2.24) is 14.9 Å². The molecule has 0 unspecified atom stereocenters. The first-order chi connectivity index (χ1) is 8.20. The third-order valence-electron chi connectivity index (χ3n) is 3.18. The van der Waals surface area contributed by atoms with Crippen molar-refractivity contribution in [1.29, 1.82) is 0 Å². The van der Waals surface area contributed by atoms with E-state index in [0.29, 0.717) is 11.9 Å². The maximum absolute atomic E-state index is 5.77. The Morgan fingerprint density at radius 2 is 1.94 bits per heavy atom. The van der Waals surface area contributed by atoms with E-state index < -0.39 is 0 Å². The molecule has 0 saturated carbocycles. The minimum atomic E-state index is 0.423. The van der Waals surface area contributed by atoms with Gasteiger partial charge in [-0.05, 0) is 13.8 Å². The predicted molar refractivity (Wildman–Crippen MR) is 70.5 cm³/mol. The van der Waals surface area contributed by atoms with Crippen LogP contribution in [0.3, 0.4) is 0 Å². The Labute approximate surface area is 108 Å². The predicted octanol–water partition coefficient (Wildman–Crippen LogP) is 1.75. The standard InChI is InChI=1S/C12H19ClN4/c1-10(2)16-3-5-17(6-4-16)12-9-14-8-11(7-13)15-12/h8-10H,3-7H2,1-2H3. The van der Waals surface area contributed by atoms with E-state index in [2.05, 4.69) is 33.6 Å². The second-order valence-electron chi connectivity index (χ2n) is 4.62. The molecule has 0 amide bonds. The van der Waals surface area contributed by atoms with Gasteiger partial charge in [-0.1, -0.05) is 0 Å². The largest absolute Gasteiger partial charge is 0.353 e. The Bertz CT molecular complexity index is 361. The summed E-state index contributed by atoms with van der Waals surface area (Å²) in [5.74, 6) is 1.37. The number of halogens is 1. The van der Waals surface area contributed by atoms with Crippen molar-refractivity contribution in [3.05, 3.63) is 18.1 Å². The Morgan fingerprint density at radius 1 is 1.24 bits per heavy atom. The van der Waals surface area contributed by atoms with Gasteiger partial charge in [-0.3, -0.25) is 9.88 Å². The molecule has 0 atom stereocenters. The lowest BCUT2D eigenvalue weighted by Crippen LogP contribution is -2.49. The fourth-order valence-corrected chi connectivity index (χ4v) is 2.21. The zero-order valence-corrected chi connectivity index (χ0v) is 11.2. The number of piperazine rings is 1. The van der Waals surface area contributed by atoms with Gasteiger partial charge in [0.05, 0.1) is 17.8 Å². The van der Waals surface area contributed by atoms with E-state index in [9.17, 15) is 0 Å². The van der Waals surface area contributed by atoms with Crippen molar-refractivity contribution in [2.24, 2.45) is 0 Å². The number of anilines is 1. The van der Waals surface area contributed by atoms with Gasteiger partial charge in [0, 0.05) is 38.4 Å². The topological polar surface area (TPSA) is 32.3 Å². The van der Waals surface area contributed by atoms with Crippen molar-refractivity contribution in [3.63, 3.8) is 0 Å². The molecule has 1 aliphatic rings. The van der Waals surface area contributed by atoms with Gasteiger partial charge in [-0.15, -0.1) is 11.6 Å². The van der Waals surface area contributed by atoms with Crippen molar-refractivity contribution >= 4 is 17.4 Å². The molecule has 1 fully saturated rings. The van der Waals surface area contributed by atoms with Gasteiger partial charge in [-0.2, -0.15) is 0 Å². The first kappa shape index (κ1) is 12.6. The highest BCUT2D eigenvalue weighted by molar-refractivity contribution is 6.16. The summed E-state index contributed by atoms with van der Waals surface area (Å²) < 4.78 is 0. The Kier molecular flexibility index (Phi) is 4.18. The molecule has 0 N–H and O–H groups in total. The first-order valence-corrected chi connectivity index (χ1v) is 6.60. The smallest absolute Gasteiger partial charge is 0.147 e. The van der Waals surface area contributed by atoms with Gasteiger partial charge >= 0.3 is 0 Å².